The average molecular weight is 328 g/mol. The summed E-state index contributed by atoms with van der Waals surface area (Å²) in [4.78, 5) is 29.2. The van der Waals surface area contributed by atoms with E-state index in [1.165, 1.54) is 6.42 Å². The molecule has 2 amide bonds. The van der Waals surface area contributed by atoms with Gasteiger partial charge in [-0.1, -0.05) is 26.0 Å². The fourth-order valence-electron chi connectivity index (χ4n) is 4.22. The largest absolute Gasteiger partial charge is 0.342 e. The molecule has 1 aromatic rings. The Kier molecular flexibility index (Phi) is 4.66. The SMILES string of the molecule is Cc1ccc(C)c(N2CC(C(=O)N3CC(C)CC(C)C3)CC2=O)c1. The van der Waals surface area contributed by atoms with Crippen molar-refractivity contribution in [2.75, 3.05) is 24.5 Å². The maximum absolute atomic E-state index is 12.9. The fourth-order valence-corrected chi connectivity index (χ4v) is 4.22. The van der Waals surface area contributed by atoms with E-state index in [0.717, 1.165) is 29.9 Å². The molecule has 4 nitrogen and oxygen atoms in total. The normalized spacial score (nSPS) is 27.7. The number of anilines is 1. The van der Waals surface area contributed by atoms with Crippen molar-refractivity contribution in [3.05, 3.63) is 29.3 Å². The zero-order chi connectivity index (χ0) is 17.4. The first kappa shape index (κ1) is 17.0. The van der Waals surface area contributed by atoms with Gasteiger partial charge in [0.1, 0.15) is 0 Å². The average Bonchev–Trinajstić information content (AvgIpc) is 2.89. The molecular formula is C20H28N2O2. The molecule has 3 unspecified atom stereocenters. The summed E-state index contributed by atoms with van der Waals surface area (Å²) in [6.07, 6.45) is 1.52. The van der Waals surface area contributed by atoms with Crippen molar-refractivity contribution in [3.8, 4) is 0 Å². The first-order valence-corrected chi connectivity index (χ1v) is 9.01. The summed E-state index contributed by atoms with van der Waals surface area (Å²) in [7, 11) is 0. The molecule has 3 rings (SSSR count). The van der Waals surface area contributed by atoms with Gasteiger partial charge in [0.2, 0.25) is 11.8 Å². The van der Waals surface area contributed by atoms with E-state index in [-0.39, 0.29) is 17.7 Å². The molecule has 2 aliphatic rings. The number of amides is 2. The molecular weight excluding hydrogens is 300 g/mol. The minimum absolute atomic E-state index is 0.0696. The molecule has 0 N–H and O–H groups in total. The van der Waals surface area contributed by atoms with Gasteiger partial charge in [-0.05, 0) is 49.3 Å². The number of rotatable bonds is 2. The van der Waals surface area contributed by atoms with Crippen LogP contribution < -0.4 is 4.90 Å². The van der Waals surface area contributed by atoms with Crippen LogP contribution in [0.15, 0.2) is 18.2 Å². The number of carbonyl (C=O) groups excluding carboxylic acids is 2. The standard InChI is InChI=1S/C20H28N2O2/c1-13-5-6-16(4)18(8-13)22-12-17(9-19(22)23)20(24)21-10-14(2)7-15(3)11-21/h5-6,8,14-15,17H,7,9-12H2,1-4H3. The van der Waals surface area contributed by atoms with Crippen molar-refractivity contribution in [1.29, 1.82) is 0 Å². The van der Waals surface area contributed by atoms with Gasteiger partial charge in [0.25, 0.3) is 0 Å². The minimum Gasteiger partial charge on any atom is -0.342 e. The van der Waals surface area contributed by atoms with Crippen molar-refractivity contribution >= 4 is 17.5 Å². The summed E-state index contributed by atoms with van der Waals surface area (Å²) in [5, 5.41) is 0. The molecule has 4 heteroatoms. The van der Waals surface area contributed by atoms with Gasteiger partial charge in [0.05, 0.1) is 5.92 Å². The van der Waals surface area contributed by atoms with Crippen LogP contribution in [-0.4, -0.2) is 36.3 Å². The number of hydrogen-bond acceptors (Lipinski definition) is 2. The van der Waals surface area contributed by atoms with Crippen LogP contribution in [0.2, 0.25) is 0 Å². The molecule has 1 aromatic carbocycles. The maximum atomic E-state index is 12.9. The summed E-state index contributed by atoms with van der Waals surface area (Å²) < 4.78 is 0. The summed E-state index contributed by atoms with van der Waals surface area (Å²) in [6.45, 7) is 10.6. The van der Waals surface area contributed by atoms with Crippen LogP contribution in [0.1, 0.15) is 37.8 Å². The quantitative estimate of drug-likeness (QED) is 0.837. The Morgan fingerprint density at radius 2 is 1.75 bits per heavy atom. The van der Waals surface area contributed by atoms with E-state index < -0.39 is 0 Å². The Morgan fingerprint density at radius 1 is 1.08 bits per heavy atom. The predicted octanol–water partition coefficient (Wildman–Crippen LogP) is 3.16. The van der Waals surface area contributed by atoms with Crippen LogP contribution in [0.25, 0.3) is 0 Å². The van der Waals surface area contributed by atoms with Crippen molar-refractivity contribution in [2.45, 2.75) is 40.5 Å². The van der Waals surface area contributed by atoms with E-state index >= 15 is 0 Å². The highest BCUT2D eigenvalue weighted by Gasteiger charge is 2.39. The lowest BCUT2D eigenvalue weighted by molar-refractivity contribution is -0.138. The summed E-state index contributed by atoms with van der Waals surface area (Å²) in [5.74, 6) is 1.12. The molecule has 0 aromatic heterocycles. The van der Waals surface area contributed by atoms with E-state index in [1.807, 2.05) is 35.8 Å². The number of nitrogens with zero attached hydrogens (tertiary/aromatic N) is 2. The van der Waals surface area contributed by atoms with Crippen LogP contribution in [-0.2, 0) is 9.59 Å². The lowest BCUT2D eigenvalue weighted by Gasteiger charge is -2.36. The van der Waals surface area contributed by atoms with Crippen LogP contribution in [0, 0.1) is 31.6 Å². The molecule has 0 bridgehead atoms. The Labute approximate surface area is 144 Å². The minimum atomic E-state index is -0.199. The van der Waals surface area contributed by atoms with Crippen LogP contribution in [0.4, 0.5) is 5.69 Å². The lowest BCUT2D eigenvalue weighted by atomic mass is 9.91. The highest BCUT2D eigenvalue weighted by atomic mass is 16.2. The fraction of sp³-hybridized carbons (Fsp3) is 0.600. The molecule has 2 fully saturated rings. The van der Waals surface area contributed by atoms with Crippen molar-refractivity contribution in [2.24, 2.45) is 17.8 Å². The second-order valence-corrected chi connectivity index (χ2v) is 7.88. The van der Waals surface area contributed by atoms with E-state index in [9.17, 15) is 9.59 Å². The third kappa shape index (κ3) is 3.33. The van der Waals surface area contributed by atoms with Gasteiger partial charge >= 0.3 is 0 Å². The summed E-state index contributed by atoms with van der Waals surface area (Å²) in [6, 6.07) is 6.14. The number of hydrogen-bond donors (Lipinski definition) is 0. The van der Waals surface area contributed by atoms with Gasteiger partial charge in [-0.2, -0.15) is 0 Å². The molecule has 2 aliphatic heterocycles. The van der Waals surface area contributed by atoms with E-state index in [4.69, 9.17) is 0 Å². The third-order valence-electron chi connectivity index (χ3n) is 5.31. The summed E-state index contributed by atoms with van der Waals surface area (Å²) in [5.41, 5.74) is 3.18. The second kappa shape index (κ2) is 6.58. The number of aryl methyl sites for hydroxylation is 2. The van der Waals surface area contributed by atoms with Crippen LogP contribution in [0.3, 0.4) is 0 Å². The number of likely N-dealkylation sites (tertiary alicyclic amines) is 1. The molecule has 0 spiro atoms. The van der Waals surface area contributed by atoms with Crippen LogP contribution in [0.5, 0.6) is 0 Å². The van der Waals surface area contributed by atoms with Gasteiger partial charge < -0.3 is 9.80 Å². The lowest BCUT2D eigenvalue weighted by Crippen LogP contribution is -2.45. The summed E-state index contributed by atoms with van der Waals surface area (Å²) >= 11 is 0. The number of benzene rings is 1. The van der Waals surface area contributed by atoms with Crippen molar-refractivity contribution < 1.29 is 9.59 Å². The number of carbonyl (C=O) groups is 2. The van der Waals surface area contributed by atoms with Gasteiger partial charge in [0.15, 0.2) is 0 Å². The van der Waals surface area contributed by atoms with Gasteiger partial charge in [-0.15, -0.1) is 0 Å². The monoisotopic (exact) mass is 328 g/mol. The molecule has 2 saturated heterocycles. The molecule has 3 atom stereocenters. The molecule has 0 aliphatic carbocycles. The van der Waals surface area contributed by atoms with E-state index in [2.05, 4.69) is 19.9 Å². The second-order valence-electron chi connectivity index (χ2n) is 7.88. The molecule has 0 saturated carbocycles. The number of piperidine rings is 1. The Bertz CT molecular complexity index is 645. The van der Waals surface area contributed by atoms with Crippen LogP contribution >= 0.6 is 0 Å². The third-order valence-corrected chi connectivity index (χ3v) is 5.31. The molecule has 0 radical (unpaired) electrons. The zero-order valence-electron chi connectivity index (χ0n) is 15.2. The van der Waals surface area contributed by atoms with Crippen molar-refractivity contribution in [1.82, 2.24) is 4.90 Å². The topological polar surface area (TPSA) is 40.6 Å². The molecule has 24 heavy (non-hydrogen) atoms. The Morgan fingerprint density at radius 3 is 2.42 bits per heavy atom. The highest BCUT2D eigenvalue weighted by Crippen LogP contribution is 2.31. The molecule has 2 heterocycles. The highest BCUT2D eigenvalue weighted by molar-refractivity contribution is 6.00. The van der Waals surface area contributed by atoms with Gasteiger partial charge in [0, 0.05) is 31.7 Å². The van der Waals surface area contributed by atoms with E-state index in [1.54, 1.807) is 0 Å². The Balaban J connectivity index is 1.74. The predicted molar refractivity (Wildman–Crippen MR) is 95.9 cm³/mol. The Hall–Kier alpha value is -1.84. The maximum Gasteiger partial charge on any atom is 0.228 e. The van der Waals surface area contributed by atoms with Gasteiger partial charge in [-0.25, -0.2) is 0 Å². The zero-order valence-corrected chi connectivity index (χ0v) is 15.2. The van der Waals surface area contributed by atoms with Gasteiger partial charge in [-0.3, -0.25) is 9.59 Å². The molecule has 130 valence electrons. The van der Waals surface area contributed by atoms with Crippen molar-refractivity contribution in [3.63, 3.8) is 0 Å². The first-order valence-electron chi connectivity index (χ1n) is 9.01. The first-order chi connectivity index (χ1) is 11.3. The smallest absolute Gasteiger partial charge is 0.228 e. The van der Waals surface area contributed by atoms with E-state index in [0.29, 0.717) is 24.8 Å².